The third-order valence-electron chi connectivity index (χ3n) is 7.94. The Labute approximate surface area is 245 Å². The number of aryl methyl sites for hydroxylation is 1. The first kappa shape index (κ1) is 31.9. The van der Waals surface area contributed by atoms with E-state index in [2.05, 4.69) is 52.8 Å². The van der Waals surface area contributed by atoms with Crippen LogP contribution in [0.15, 0.2) is 53.1 Å². The average Bonchev–Trinajstić information content (AvgIpc) is 2.90. The Kier molecular flexibility index (Phi) is 10.7. The van der Waals surface area contributed by atoms with Gasteiger partial charge in [0.2, 0.25) is 0 Å². The van der Waals surface area contributed by atoms with Gasteiger partial charge in [-0.3, -0.25) is 0 Å². The van der Waals surface area contributed by atoms with Crippen molar-refractivity contribution in [3.63, 3.8) is 0 Å². The zero-order chi connectivity index (χ0) is 30.3. The Morgan fingerprint density at radius 1 is 0.902 bits per heavy atom. The number of allylic oxidation sites excluding steroid dienone is 6. The summed E-state index contributed by atoms with van der Waals surface area (Å²) in [4.78, 5) is 12.7. The monoisotopic (exact) mass is 562 g/mol. The summed E-state index contributed by atoms with van der Waals surface area (Å²) < 4.78 is 12.2. The average molecular weight is 563 g/mol. The SMILES string of the molecule is CC(C)=CCCC(C)=CCCC(C)=CCCC1(C)CCc2cc(OC(=O)c3cc(O)c(O)c(O)c3)c(C)c(C)c2O1. The van der Waals surface area contributed by atoms with E-state index in [1.54, 1.807) is 0 Å². The molecule has 1 aliphatic rings. The molecule has 3 rings (SSSR count). The van der Waals surface area contributed by atoms with Gasteiger partial charge in [0.25, 0.3) is 0 Å². The predicted molar refractivity (Wildman–Crippen MR) is 164 cm³/mol. The molecule has 0 amide bonds. The number of fused-ring (bicyclic) bond motifs is 1. The predicted octanol–water partition coefficient (Wildman–Crippen LogP) is 8.92. The summed E-state index contributed by atoms with van der Waals surface area (Å²) in [5.41, 5.74) is 6.60. The number of aromatic hydroxyl groups is 3. The molecule has 0 saturated carbocycles. The molecule has 2 aromatic carbocycles. The van der Waals surface area contributed by atoms with Crippen LogP contribution in [0, 0.1) is 13.8 Å². The Hall–Kier alpha value is -3.67. The molecule has 0 aromatic heterocycles. The van der Waals surface area contributed by atoms with Crippen LogP contribution in [0.1, 0.15) is 107 Å². The maximum Gasteiger partial charge on any atom is 0.343 e. The molecule has 2 aromatic rings. The number of benzene rings is 2. The summed E-state index contributed by atoms with van der Waals surface area (Å²) in [6.45, 7) is 14.7. The minimum absolute atomic E-state index is 0.0645. The Bertz CT molecular complexity index is 1340. The molecule has 1 aliphatic heterocycles. The number of hydrogen-bond acceptors (Lipinski definition) is 6. The van der Waals surface area contributed by atoms with E-state index >= 15 is 0 Å². The van der Waals surface area contributed by atoms with E-state index in [9.17, 15) is 20.1 Å². The Morgan fingerprint density at radius 3 is 2.10 bits per heavy atom. The smallest absolute Gasteiger partial charge is 0.343 e. The zero-order valence-corrected chi connectivity index (χ0v) is 25.7. The zero-order valence-electron chi connectivity index (χ0n) is 25.7. The number of phenolic OH excluding ortho intramolecular Hbond substituents is 3. The summed E-state index contributed by atoms with van der Waals surface area (Å²) in [5, 5.41) is 29.1. The van der Waals surface area contributed by atoms with E-state index in [4.69, 9.17) is 9.47 Å². The summed E-state index contributed by atoms with van der Waals surface area (Å²) in [7, 11) is 0. The van der Waals surface area contributed by atoms with Crippen LogP contribution < -0.4 is 9.47 Å². The van der Waals surface area contributed by atoms with Crippen LogP contribution in [0.25, 0.3) is 0 Å². The van der Waals surface area contributed by atoms with Crippen molar-refractivity contribution in [3.05, 3.63) is 75.4 Å². The fourth-order valence-corrected chi connectivity index (χ4v) is 5.08. The van der Waals surface area contributed by atoms with Crippen molar-refractivity contribution < 1.29 is 29.6 Å². The number of rotatable bonds is 11. The molecule has 1 atom stereocenters. The van der Waals surface area contributed by atoms with Gasteiger partial charge in [0.1, 0.15) is 17.1 Å². The molecule has 0 saturated heterocycles. The fourth-order valence-electron chi connectivity index (χ4n) is 5.08. The highest BCUT2D eigenvalue weighted by Crippen LogP contribution is 2.43. The Morgan fingerprint density at radius 2 is 1.49 bits per heavy atom. The van der Waals surface area contributed by atoms with Crippen molar-refractivity contribution in [2.75, 3.05) is 0 Å². The van der Waals surface area contributed by atoms with Gasteiger partial charge in [-0.1, -0.05) is 34.9 Å². The second kappa shape index (κ2) is 13.8. The van der Waals surface area contributed by atoms with Crippen molar-refractivity contribution in [1.29, 1.82) is 0 Å². The van der Waals surface area contributed by atoms with E-state index in [-0.39, 0.29) is 11.2 Å². The molecule has 41 heavy (non-hydrogen) atoms. The lowest BCUT2D eigenvalue weighted by molar-refractivity contribution is 0.0556. The quantitative estimate of drug-likeness (QED) is 0.109. The number of ether oxygens (including phenoxy) is 2. The van der Waals surface area contributed by atoms with E-state index in [0.717, 1.165) is 85.9 Å². The van der Waals surface area contributed by atoms with E-state index in [1.807, 2.05) is 19.9 Å². The molecule has 1 heterocycles. The number of hydrogen-bond donors (Lipinski definition) is 3. The summed E-state index contributed by atoms with van der Waals surface area (Å²) >= 11 is 0. The molecule has 0 spiro atoms. The minimum Gasteiger partial charge on any atom is -0.504 e. The van der Waals surface area contributed by atoms with Crippen molar-refractivity contribution in [2.45, 2.75) is 105 Å². The standard InChI is InChI=1S/C35H46O6/c1-22(2)11-8-12-23(3)13-9-14-24(4)15-10-17-35(7)18-16-27-21-31(25(5)26(6)33(27)41-35)40-34(39)28-19-29(36)32(38)30(37)20-28/h11,13,15,19-21,36-38H,8-10,12,14,16-18H2,1-7H3. The molecular formula is C35H46O6. The largest absolute Gasteiger partial charge is 0.504 e. The van der Waals surface area contributed by atoms with Gasteiger partial charge in [-0.15, -0.1) is 0 Å². The molecule has 0 bridgehead atoms. The molecule has 6 heteroatoms. The molecule has 0 aliphatic carbocycles. The maximum atomic E-state index is 12.7. The molecular weight excluding hydrogens is 516 g/mol. The molecule has 3 N–H and O–H groups in total. The van der Waals surface area contributed by atoms with E-state index in [1.165, 1.54) is 16.7 Å². The normalized spacial score (nSPS) is 17.0. The van der Waals surface area contributed by atoms with Gasteiger partial charge in [0, 0.05) is 0 Å². The second-order valence-electron chi connectivity index (χ2n) is 11.9. The highest BCUT2D eigenvalue weighted by Gasteiger charge is 2.33. The highest BCUT2D eigenvalue weighted by molar-refractivity contribution is 5.92. The Balaban J connectivity index is 1.60. The van der Waals surface area contributed by atoms with E-state index < -0.39 is 23.2 Å². The van der Waals surface area contributed by atoms with Crippen molar-refractivity contribution in [2.24, 2.45) is 0 Å². The van der Waals surface area contributed by atoms with Crippen molar-refractivity contribution >= 4 is 5.97 Å². The van der Waals surface area contributed by atoms with Crippen LogP contribution in [-0.4, -0.2) is 26.9 Å². The first-order valence-corrected chi connectivity index (χ1v) is 14.5. The van der Waals surface area contributed by atoms with Gasteiger partial charge in [-0.05, 0) is 135 Å². The number of carbonyl (C=O) groups is 1. The van der Waals surface area contributed by atoms with Gasteiger partial charge in [0.05, 0.1) is 5.56 Å². The molecule has 222 valence electrons. The summed E-state index contributed by atoms with van der Waals surface area (Å²) in [6, 6.07) is 3.97. The summed E-state index contributed by atoms with van der Waals surface area (Å²) in [6.07, 6.45) is 14.9. The van der Waals surface area contributed by atoms with Crippen LogP contribution in [0.4, 0.5) is 0 Å². The lowest BCUT2D eigenvalue weighted by Crippen LogP contribution is -2.36. The van der Waals surface area contributed by atoms with Gasteiger partial charge in [-0.2, -0.15) is 0 Å². The lowest BCUT2D eigenvalue weighted by Gasteiger charge is -2.37. The van der Waals surface area contributed by atoms with Gasteiger partial charge in [-0.25, -0.2) is 4.79 Å². The van der Waals surface area contributed by atoms with Crippen molar-refractivity contribution in [1.82, 2.24) is 0 Å². The molecule has 6 nitrogen and oxygen atoms in total. The number of phenols is 3. The first-order chi connectivity index (χ1) is 19.3. The minimum atomic E-state index is -0.740. The van der Waals surface area contributed by atoms with Crippen LogP contribution in [0.5, 0.6) is 28.7 Å². The molecule has 0 fully saturated rings. The van der Waals surface area contributed by atoms with Crippen LogP contribution in [-0.2, 0) is 6.42 Å². The van der Waals surface area contributed by atoms with E-state index in [0.29, 0.717) is 5.75 Å². The third-order valence-corrected chi connectivity index (χ3v) is 7.94. The topological polar surface area (TPSA) is 96.2 Å². The van der Waals surface area contributed by atoms with Crippen molar-refractivity contribution in [3.8, 4) is 28.7 Å². The van der Waals surface area contributed by atoms with Gasteiger partial charge >= 0.3 is 5.97 Å². The summed E-state index contributed by atoms with van der Waals surface area (Å²) in [5.74, 6) is -1.34. The maximum absolute atomic E-state index is 12.7. The number of esters is 1. The highest BCUT2D eigenvalue weighted by atomic mass is 16.5. The fraction of sp³-hybridized carbons (Fsp3) is 0.457. The molecule has 0 radical (unpaired) electrons. The molecule has 1 unspecified atom stereocenters. The first-order valence-electron chi connectivity index (χ1n) is 14.5. The van der Waals surface area contributed by atoms with Gasteiger partial charge < -0.3 is 24.8 Å². The van der Waals surface area contributed by atoms with Gasteiger partial charge in [0.15, 0.2) is 17.2 Å². The second-order valence-corrected chi connectivity index (χ2v) is 11.9. The number of carbonyl (C=O) groups excluding carboxylic acids is 1. The van der Waals surface area contributed by atoms with Crippen LogP contribution in [0.3, 0.4) is 0 Å². The van der Waals surface area contributed by atoms with Crippen LogP contribution >= 0.6 is 0 Å². The lowest BCUT2D eigenvalue weighted by atomic mass is 9.86. The van der Waals surface area contributed by atoms with Crippen LogP contribution in [0.2, 0.25) is 0 Å². The third kappa shape index (κ3) is 8.66.